The lowest BCUT2D eigenvalue weighted by atomic mass is 10.2. The minimum absolute atomic E-state index is 0.138. The van der Waals surface area contributed by atoms with Gasteiger partial charge in [0.2, 0.25) is 15.9 Å². The molecule has 0 spiro atoms. The first-order chi connectivity index (χ1) is 8.76. The van der Waals surface area contributed by atoms with E-state index in [0.717, 1.165) is 0 Å². The molecule has 0 aliphatic rings. The SMILES string of the molecule is CC(=O)Nc1ccc(C)c(S(=O)(=O)NC(C)CN)c1. The van der Waals surface area contributed by atoms with Crippen molar-refractivity contribution in [1.29, 1.82) is 0 Å². The van der Waals surface area contributed by atoms with Crippen molar-refractivity contribution in [2.45, 2.75) is 31.7 Å². The maximum Gasteiger partial charge on any atom is 0.241 e. The Hall–Kier alpha value is -1.44. The number of sulfonamides is 1. The van der Waals surface area contributed by atoms with Gasteiger partial charge in [0.25, 0.3) is 0 Å². The van der Waals surface area contributed by atoms with Crippen LogP contribution in [0.3, 0.4) is 0 Å². The zero-order chi connectivity index (χ0) is 14.6. The van der Waals surface area contributed by atoms with E-state index in [0.29, 0.717) is 11.3 Å². The second kappa shape index (κ2) is 6.14. The lowest BCUT2D eigenvalue weighted by Crippen LogP contribution is -2.38. The third kappa shape index (κ3) is 4.30. The minimum Gasteiger partial charge on any atom is -0.329 e. The number of hydrogen-bond acceptors (Lipinski definition) is 4. The summed E-state index contributed by atoms with van der Waals surface area (Å²) in [6, 6.07) is 4.38. The number of anilines is 1. The van der Waals surface area contributed by atoms with Crippen LogP contribution < -0.4 is 15.8 Å². The first-order valence-electron chi connectivity index (χ1n) is 5.87. The summed E-state index contributed by atoms with van der Waals surface area (Å²) in [6.07, 6.45) is 0. The van der Waals surface area contributed by atoms with Gasteiger partial charge in [-0.25, -0.2) is 13.1 Å². The Labute approximate surface area is 113 Å². The van der Waals surface area contributed by atoms with Crippen LogP contribution in [0.25, 0.3) is 0 Å². The predicted molar refractivity (Wildman–Crippen MR) is 74.3 cm³/mol. The second-order valence-corrected chi connectivity index (χ2v) is 6.10. The highest BCUT2D eigenvalue weighted by Gasteiger charge is 2.19. The van der Waals surface area contributed by atoms with Crippen molar-refractivity contribution >= 4 is 21.6 Å². The van der Waals surface area contributed by atoms with Crippen molar-refractivity contribution in [1.82, 2.24) is 4.72 Å². The van der Waals surface area contributed by atoms with Crippen molar-refractivity contribution in [3.8, 4) is 0 Å². The lowest BCUT2D eigenvalue weighted by molar-refractivity contribution is -0.114. The first kappa shape index (κ1) is 15.6. The fourth-order valence-corrected chi connectivity index (χ4v) is 3.07. The average molecular weight is 285 g/mol. The van der Waals surface area contributed by atoms with E-state index in [1.165, 1.54) is 13.0 Å². The fourth-order valence-electron chi connectivity index (χ4n) is 1.55. The molecule has 1 rings (SSSR count). The Bertz CT molecular complexity index is 570. The van der Waals surface area contributed by atoms with Gasteiger partial charge in [0, 0.05) is 25.2 Å². The topological polar surface area (TPSA) is 101 Å². The summed E-state index contributed by atoms with van der Waals surface area (Å²) >= 11 is 0. The molecule has 0 heterocycles. The normalized spacial score (nSPS) is 13.1. The molecular weight excluding hydrogens is 266 g/mol. The molecule has 1 amide bonds. The number of rotatable bonds is 5. The molecule has 1 aromatic rings. The van der Waals surface area contributed by atoms with Gasteiger partial charge in [0.15, 0.2) is 0 Å². The van der Waals surface area contributed by atoms with Gasteiger partial charge in [-0.2, -0.15) is 0 Å². The molecule has 1 unspecified atom stereocenters. The van der Waals surface area contributed by atoms with Crippen LogP contribution in [0.15, 0.2) is 23.1 Å². The summed E-state index contributed by atoms with van der Waals surface area (Å²) < 4.78 is 26.8. The summed E-state index contributed by atoms with van der Waals surface area (Å²) in [5.74, 6) is -0.254. The van der Waals surface area contributed by atoms with E-state index in [-0.39, 0.29) is 23.4 Å². The van der Waals surface area contributed by atoms with E-state index in [9.17, 15) is 13.2 Å². The summed E-state index contributed by atoms with van der Waals surface area (Å²) in [4.78, 5) is 11.1. The van der Waals surface area contributed by atoms with Crippen LogP contribution in [-0.4, -0.2) is 26.9 Å². The zero-order valence-electron chi connectivity index (χ0n) is 11.2. The molecule has 0 aromatic heterocycles. The maximum absolute atomic E-state index is 12.2. The Balaban J connectivity index is 3.14. The molecule has 0 bridgehead atoms. The Morgan fingerprint density at radius 3 is 2.58 bits per heavy atom. The Morgan fingerprint density at radius 1 is 1.42 bits per heavy atom. The number of benzene rings is 1. The van der Waals surface area contributed by atoms with Gasteiger partial charge in [-0.3, -0.25) is 4.79 Å². The van der Waals surface area contributed by atoms with E-state index < -0.39 is 10.0 Å². The molecule has 0 aliphatic heterocycles. The number of nitrogens with one attached hydrogen (secondary N) is 2. The zero-order valence-corrected chi connectivity index (χ0v) is 12.0. The first-order valence-corrected chi connectivity index (χ1v) is 7.35. The number of amides is 1. The van der Waals surface area contributed by atoms with Crippen molar-refractivity contribution in [3.63, 3.8) is 0 Å². The highest BCUT2D eigenvalue weighted by Crippen LogP contribution is 2.20. The van der Waals surface area contributed by atoms with Crippen molar-refractivity contribution in [2.24, 2.45) is 5.73 Å². The number of carbonyl (C=O) groups is 1. The molecule has 0 saturated carbocycles. The molecule has 1 aromatic carbocycles. The van der Waals surface area contributed by atoms with Crippen LogP contribution in [0.5, 0.6) is 0 Å². The molecule has 0 saturated heterocycles. The lowest BCUT2D eigenvalue weighted by Gasteiger charge is -2.14. The largest absolute Gasteiger partial charge is 0.329 e. The van der Waals surface area contributed by atoms with Gasteiger partial charge >= 0.3 is 0 Å². The molecule has 0 radical (unpaired) electrons. The molecule has 19 heavy (non-hydrogen) atoms. The monoisotopic (exact) mass is 285 g/mol. The van der Waals surface area contributed by atoms with Crippen LogP contribution in [0.1, 0.15) is 19.4 Å². The van der Waals surface area contributed by atoms with Gasteiger partial charge in [-0.1, -0.05) is 6.07 Å². The fraction of sp³-hybridized carbons (Fsp3) is 0.417. The van der Waals surface area contributed by atoms with Gasteiger partial charge in [-0.15, -0.1) is 0 Å². The van der Waals surface area contributed by atoms with Crippen LogP contribution >= 0.6 is 0 Å². The van der Waals surface area contributed by atoms with Crippen molar-refractivity contribution in [3.05, 3.63) is 23.8 Å². The molecule has 7 heteroatoms. The minimum atomic E-state index is -3.64. The number of nitrogens with two attached hydrogens (primary N) is 1. The highest BCUT2D eigenvalue weighted by atomic mass is 32.2. The van der Waals surface area contributed by atoms with E-state index in [4.69, 9.17) is 5.73 Å². The van der Waals surface area contributed by atoms with Crippen molar-refractivity contribution in [2.75, 3.05) is 11.9 Å². The molecule has 4 N–H and O–H groups in total. The number of hydrogen-bond donors (Lipinski definition) is 3. The van der Waals surface area contributed by atoms with Gasteiger partial charge in [-0.05, 0) is 31.5 Å². The molecule has 1 atom stereocenters. The predicted octanol–water partition coefficient (Wildman–Crippen LogP) is 0.579. The molecule has 106 valence electrons. The third-order valence-corrected chi connectivity index (χ3v) is 4.24. The molecular formula is C12H19N3O3S. The van der Waals surface area contributed by atoms with E-state index in [2.05, 4.69) is 10.0 Å². The number of aryl methyl sites for hydroxylation is 1. The summed E-state index contributed by atoms with van der Waals surface area (Å²) in [6.45, 7) is 4.95. The van der Waals surface area contributed by atoms with Crippen LogP contribution in [0, 0.1) is 6.92 Å². The summed E-state index contributed by atoms with van der Waals surface area (Å²) in [7, 11) is -3.64. The number of carbonyl (C=O) groups excluding carboxylic acids is 1. The highest BCUT2D eigenvalue weighted by molar-refractivity contribution is 7.89. The van der Waals surface area contributed by atoms with Crippen molar-refractivity contribution < 1.29 is 13.2 Å². The van der Waals surface area contributed by atoms with Crippen LogP contribution in [0.4, 0.5) is 5.69 Å². The van der Waals surface area contributed by atoms with Gasteiger partial charge in [0.05, 0.1) is 4.90 Å². The van der Waals surface area contributed by atoms with E-state index >= 15 is 0 Å². The average Bonchev–Trinajstić information content (AvgIpc) is 2.30. The quantitative estimate of drug-likeness (QED) is 0.736. The summed E-state index contributed by atoms with van der Waals surface area (Å²) in [5.41, 5.74) is 6.45. The van der Waals surface area contributed by atoms with Crippen LogP contribution in [-0.2, 0) is 14.8 Å². The Morgan fingerprint density at radius 2 is 2.05 bits per heavy atom. The second-order valence-electron chi connectivity index (χ2n) is 4.42. The van der Waals surface area contributed by atoms with E-state index in [1.54, 1.807) is 26.0 Å². The van der Waals surface area contributed by atoms with Crippen LogP contribution in [0.2, 0.25) is 0 Å². The molecule has 6 nitrogen and oxygen atoms in total. The molecule has 0 fully saturated rings. The summed E-state index contributed by atoms with van der Waals surface area (Å²) in [5, 5.41) is 2.56. The Kier molecular flexibility index (Phi) is 5.04. The van der Waals surface area contributed by atoms with Gasteiger partial charge in [0.1, 0.15) is 0 Å². The molecule has 0 aliphatic carbocycles. The standard InChI is InChI=1S/C12H19N3O3S/c1-8-4-5-11(14-10(3)16)6-12(8)19(17,18)15-9(2)7-13/h4-6,9,15H,7,13H2,1-3H3,(H,14,16). The van der Waals surface area contributed by atoms with Gasteiger partial charge < -0.3 is 11.1 Å². The van der Waals surface area contributed by atoms with E-state index in [1.807, 2.05) is 0 Å². The smallest absolute Gasteiger partial charge is 0.241 e. The third-order valence-electron chi connectivity index (χ3n) is 2.51. The maximum atomic E-state index is 12.2.